The van der Waals surface area contributed by atoms with Crippen molar-refractivity contribution in [2.45, 2.75) is 51.5 Å². The zero-order valence-corrected chi connectivity index (χ0v) is 12.3. The van der Waals surface area contributed by atoms with E-state index in [1.807, 2.05) is 0 Å². The first-order chi connectivity index (χ1) is 8.91. The van der Waals surface area contributed by atoms with Gasteiger partial charge < -0.3 is 15.7 Å². The molecule has 4 nitrogen and oxygen atoms in total. The maximum Gasteiger partial charge on any atom is 0.323 e. The van der Waals surface area contributed by atoms with Gasteiger partial charge in [-0.1, -0.05) is 20.3 Å². The van der Waals surface area contributed by atoms with Gasteiger partial charge in [0.05, 0.1) is 0 Å². The van der Waals surface area contributed by atoms with Crippen LogP contribution in [0.5, 0.6) is 0 Å². The first kappa shape index (κ1) is 14.8. The van der Waals surface area contributed by atoms with Crippen LogP contribution in [0.3, 0.4) is 0 Å². The first-order valence-electron chi connectivity index (χ1n) is 7.66. The Balaban J connectivity index is 1.86. The number of piperidine rings is 1. The molecule has 0 aromatic heterocycles. The second kappa shape index (κ2) is 5.80. The number of likely N-dealkylation sites (tertiary alicyclic amines) is 1. The van der Waals surface area contributed by atoms with E-state index in [4.69, 9.17) is 5.73 Å². The van der Waals surface area contributed by atoms with Crippen LogP contribution in [0.1, 0.15) is 46.0 Å². The molecule has 1 aliphatic carbocycles. The van der Waals surface area contributed by atoms with Crippen molar-refractivity contribution in [3.05, 3.63) is 0 Å². The molecular formula is C15H28N2O2. The van der Waals surface area contributed by atoms with E-state index in [-0.39, 0.29) is 5.92 Å². The van der Waals surface area contributed by atoms with Gasteiger partial charge in [0.2, 0.25) is 0 Å². The first-order valence-corrected chi connectivity index (χ1v) is 7.66. The fourth-order valence-electron chi connectivity index (χ4n) is 4.10. The molecule has 19 heavy (non-hydrogen) atoms. The van der Waals surface area contributed by atoms with E-state index < -0.39 is 11.5 Å². The Morgan fingerprint density at radius 1 is 1.37 bits per heavy atom. The highest BCUT2D eigenvalue weighted by molar-refractivity contribution is 5.79. The molecule has 1 aliphatic heterocycles. The lowest BCUT2D eigenvalue weighted by Gasteiger charge is -2.36. The fourth-order valence-corrected chi connectivity index (χ4v) is 4.10. The predicted octanol–water partition coefficient (Wildman–Crippen LogP) is 1.94. The van der Waals surface area contributed by atoms with E-state index >= 15 is 0 Å². The molecule has 3 N–H and O–H groups in total. The zero-order valence-electron chi connectivity index (χ0n) is 12.3. The predicted molar refractivity (Wildman–Crippen MR) is 75.9 cm³/mol. The van der Waals surface area contributed by atoms with Gasteiger partial charge in [0.1, 0.15) is 5.54 Å². The van der Waals surface area contributed by atoms with Crippen LogP contribution in [0.25, 0.3) is 0 Å². The lowest BCUT2D eigenvalue weighted by atomic mass is 9.85. The Labute approximate surface area is 116 Å². The van der Waals surface area contributed by atoms with Crippen LogP contribution in [-0.2, 0) is 4.79 Å². The summed E-state index contributed by atoms with van der Waals surface area (Å²) in [5, 5.41) is 9.33. The minimum atomic E-state index is -0.965. The molecule has 0 bridgehead atoms. The number of nitrogens with two attached hydrogens (primary N) is 1. The van der Waals surface area contributed by atoms with Crippen molar-refractivity contribution >= 4 is 5.97 Å². The maximum absolute atomic E-state index is 11.4. The molecule has 0 aromatic rings. The van der Waals surface area contributed by atoms with Gasteiger partial charge in [-0.3, -0.25) is 4.79 Å². The molecule has 110 valence electrons. The Morgan fingerprint density at radius 3 is 2.58 bits per heavy atom. The van der Waals surface area contributed by atoms with E-state index in [2.05, 4.69) is 18.7 Å². The molecule has 1 heterocycles. The molecule has 4 atom stereocenters. The normalized spacial score (nSPS) is 40.5. The Morgan fingerprint density at radius 2 is 2.00 bits per heavy atom. The van der Waals surface area contributed by atoms with Crippen LogP contribution in [0.2, 0.25) is 0 Å². The molecule has 4 unspecified atom stereocenters. The molecule has 0 spiro atoms. The van der Waals surface area contributed by atoms with Crippen LogP contribution in [0.15, 0.2) is 0 Å². The maximum atomic E-state index is 11.4. The number of hydrogen-bond donors (Lipinski definition) is 2. The molecule has 0 aromatic carbocycles. The van der Waals surface area contributed by atoms with Gasteiger partial charge in [0, 0.05) is 13.1 Å². The third-order valence-corrected chi connectivity index (χ3v) is 5.01. The topological polar surface area (TPSA) is 66.6 Å². The van der Waals surface area contributed by atoms with Crippen molar-refractivity contribution in [1.29, 1.82) is 0 Å². The average Bonchev–Trinajstić information content (AvgIpc) is 2.68. The number of rotatable bonds is 4. The Hall–Kier alpha value is -0.610. The minimum absolute atomic E-state index is 0.150. The van der Waals surface area contributed by atoms with Gasteiger partial charge >= 0.3 is 5.97 Å². The zero-order chi connectivity index (χ0) is 14.0. The van der Waals surface area contributed by atoms with E-state index in [1.54, 1.807) is 0 Å². The minimum Gasteiger partial charge on any atom is -0.480 e. The van der Waals surface area contributed by atoms with Crippen molar-refractivity contribution in [3.8, 4) is 0 Å². The van der Waals surface area contributed by atoms with Gasteiger partial charge in [-0.2, -0.15) is 0 Å². The molecule has 2 fully saturated rings. The van der Waals surface area contributed by atoms with Crippen LogP contribution in [-0.4, -0.2) is 41.1 Å². The van der Waals surface area contributed by atoms with Crippen LogP contribution < -0.4 is 5.73 Å². The second-order valence-electron chi connectivity index (χ2n) is 6.93. The standard InChI is InChI=1S/C15H28N2O2/c1-11-8-12(2)10-17(9-11)7-5-13-4-3-6-15(13,16)14(18)19/h11-13H,3-10,16H2,1-2H3,(H,18,19). The van der Waals surface area contributed by atoms with E-state index in [0.29, 0.717) is 6.42 Å². The largest absolute Gasteiger partial charge is 0.480 e. The summed E-state index contributed by atoms with van der Waals surface area (Å²) < 4.78 is 0. The van der Waals surface area contributed by atoms with E-state index in [9.17, 15) is 9.90 Å². The van der Waals surface area contributed by atoms with Crippen LogP contribution >= 0.6 is 0 Å². The van der Waals surface area contributed by atoms with Gasteiger partial charge in [-0.05, 0) is 50.0 Å². The highest BCUT2D eigenvalue weighted by Crippen LogP contribution is 2.36. The number of carbonyl (C=O) groups is 1. The van der Waals surface area contributed by atoms with Crippen molar-refractivity contribution in [3.63, 3.8) is 0 Å². The summed E-state index contributed by atoms with van der Waals surface area (Å²) in [5.74, 6) is 0.858. The lowest BCUT2D eigenvalue weighted by molar-refractivity contribution is -0.144. The van der Waals surface area contributed by atoms with Gasteiger partial charge in [-0.15, -0.1) is 0 Å². The summed E-state index contributed by atoms with van der Waals surface area (Å²) in [4.78, 5) is 13.8. The molecule has 1 saturated carbocycles. The second-order valence-corrected chi connectivity index (χ2v) is 6.93. The number of carboxylic acid groups (broad SMARTS) is 1. The van der Waals surface area contributed by atoms with Crippen molar-refractivity contribution in [1.82, 2.24) is 4.90 Å². The van der Waals surface area contributed by atoms with Gasteiger partial charge in [0.25, 0.3) is 0 Å². The van der Waals surface area contributed by atoms with Crippen molar-refractivity contribution in [2.24, 2.45) is 23.5 Å². The highest BCUT2D eigenvalue weighted by Gasteiger charge is 2.45. The highest BCUT2D eigenvalue weighted by atomic mass is 16.4. The number of carboxylic acids is 1. The summed E-state index contributed by atoms with van der Waals surface area (Å²) >= 11 is 0. The quantitative estimate of drug-likeness (QED) is 0.817. The van der Waals surface area contributed by atoms with E-state index in [1.165, 1.54) is 6.42 Å². The average molecular weight is 268 g/mol. The molecule has 1 saturated heterocycles. The smallest absolute Gasteiger partial charge is 0.323 e. The molecule has 2 aliphatic rings. The van der Waals surface area contributed by atoms with Crippen molar-refractivity contribution < 1.29 is 9.90 Å². The fraction of sp³-hybridized carbons (Fsp3) is 0.933. The Kier molecular flexibility index (Phi) is 4.51. The van der Waals surface area contributed by atoms with E-state index in [0.717, 1.165) is 50.7 Å². The molecule has 0 radical (unpaired) electrons. The number of nitrogens with zero attached hydrogens (tertiary/aromatic N) is 1. The third-order valence-electron chi connectivity index (χ3n) is 5.01. The summed E-state index contributed by atoms with van der Waals surface area (Å²) in [7, 11) is 0. The third kappa shape index (κ3) is 3.29. The SMILES string of the molecule is CC1CC(C)CN(CCC2CCCC2(N)C(=O)O)C1. The van der Waals surface area contributed by atoms with Gasteiger partial charge in [0.15, 0.2) is 0 Å². The van der Waals surface area contributed by atoms with Crippen molar-refractivity contribution in [2.75, 3.05) is 19.6 Å². The number of aliphatic carboxylic acids is 1. The monoisotopic (exact) mass is 268 g/mol. The summed E-state index contributed by atoms with van der Waals surface area (Å²) in [6.07, 6.45) is 4.82. The molecule has 2 rings (SSSR count). The Bertz CT molecular complexity index is 324. The summed E-state index contributed by atoms with van der Waals surface area (Å²) in [6.45, 7) is 7.93. The summed E-state index contributed by atoms with van der Waals surface area (Å²) in [5.41, 5.74) is 5.13. The number of hydrogen-bond acceptors (Lipinski definition) is 3. The molecular weight excluding hydrogens is 240 g/mol. The van der Waals surface area contributed by atoms with Crippen LogP contribution in [0.4, 0.5) is 0 Å². The summed E-state index contributed by atoms with van der Waals surface area (Å²) in [6, 6.07) is 0. The van der Waals surface area contributed by atoms with Crippen LogP contribution in [0, 0.1) is 17.8 Å². The van der Waals surface area contributed by atoms with Gasteiger partial charge in [-0.25, -0.2) is 0 Å². The molecule has 0 amide bonds. The molecule has 4 heteroatoms. The lowest BCUT2D eigenvalue weighted by Crippen LogP contribution is -2.52.